The van der Waals surface area contributed by atoms with Gasteiger partial charge in [-0.15, -0.1) is 0 Å². The number of H-pyrrole nitrogens is 1. The van der Waals surface area contributed by atoms with Crippen LogP contribution in [0.15, 0.2) is 102 Å². The molecule has 0 aliphatic carbocycles. The summed E-state index contributed by atoms with van der Waals surface area (Å²) in [5.41, 5.74) is 4.53. The zero-order valence-corrected chi connectivity index (χ0v) is 29.1. The largest absolute Gasteiger partial charge is 0.497 e. The van der Waals surface area contributed by atoms with Gasteiger partial charge in [-0.2, -0.15) is 0 Å². The van der Waals surface area contributed by atoms with E-state index in [-0.39, 0.29) is 37.0 Å². The van der Waals surface area contributed by atoms with Crippen LogP contribution < -0.4 is 20.1 Å². The fourth-order valence-corrected chi connectivity index (χ4v) is 5.70. The molecule has 0 saturated carbocycles. The molecule has 1 aromatic heterocycles. The summed E-state index contributed by atoms with van der Waals surface area (Å²) in [7, 11) is 1.60. The second kappa shape index (κ2) is 18.5. The van der Waals surface area contributed by atoms with E-state index in [1.54, 1.807) is 19.2 Å². The van der Waals surface area contributed by atoms with Crippen LogP contribution in [-0.2, 0) is 40.4 Å². The summed E-state index contributed by atoms with van der Waals surface area (Å²) in [6, 6.07) is 28.0. The SMILES string of the molecule is COc1ccc(CO/N=C(\Cc2cc(Cl)cc(Cl)c2OCCCNC(=O)OCc2ccccc2)C(=O)NCCc2c[nH]c3ccccc23)cc1. The lowest BCUT2D eigenvalue weighted by Gasteiger charge is -2.15. The summed E-state index contributed by atoms with van der Waals surface area (Å²) in [5, 5.41) is 11.7. The zero-order chi connectivity index (χ0) is 35.1. The fourth-order valence-electron chi connectivity index (χ4n) is 5.11. The van der Waals surface area contributed by atoms with Crippen LogP contribution in [0.3, 0.4) is 0 Å². The van der Waals surface area contributed by atoms with E-state index in [0.29, 0.717) is 42.3 Å². The Labute approximate surface area is 300 Å². The number of nitrogens with zero attached hydrogens (tertiary/aromatic N) is 1. The fraction of sp³-hybridized carbons (Fsp3) is 0.237. The first kappa shape index (κ1) is 36.1. The third-order valence-corrected chi connectivity index (χ3v) is 8.17. The van der Waals surface area contributed by atoms with E-state index in [2.05, 4.69) is 20.8 Å². The number of halogens is 2. The van der Waals surface area contributed by atoms with Crippen molar-refractivity contribution in [1.29, 1.82) is 0 Å². The number of ether oxygens (including phenoxy) is 3. The minimum atomic E-state index is -0.523. The molecule has 3 N–H and O–H groups in total. The summed E-state index contributed by atoms with van der Waals surface area (Å²) < 4.78 is 16.5. The number of aromatic nitrogens is 1. The number of rotatable bonds is 17. The number of para-hydroxylation sites is 1. The molecule has 12 heteroatoms. The molecule has 0 unspecified atom stereocenters. The van der Waals surface area contributed by atoms with Gasteiger partial charge in [-0.1, -0.05) is 89.0 Å². The van der Waals surface area contributed by atoms with Gasteiger partial charge in [0.25, 0.3) is 5.91 Å². The third-order valence-electron chi connectivity index (χ3n) is 7.67. The molecular weight excluding hydrogens is 679 g/mol. The van der Waals surface area contributed by atoms with Crippen molar-refractivity contribution in [3.63, 3.8) is 0 Å². The number of carbonyl (C=O) groups excluding carboxylic acids is 2. The van der Waals surface area contributed by atoms with Crippen LogP contribution in [0.2, 0.25) is 10.0 Å². The Balaban J connectivity index is 1.21. The maximum Gasteiger partial charge on any atom is 0.407 e. The molecule has 1 heterocycles. The van der Waals surface area contributed by atoms with Crippen LogP contribution in [0, 0.1) is 0 Å². The lowest BCUT2D eigenvalue weighted by atomic mass is 10.1. The third kappa shape index (κ3) is 10.7. The minimum absolute atomic E-state index is 0.0290. The van der Waals surface area contributed by atoms with Gasteiger partial charge in [0, 0.05) is 47.2 Å². The average Bonchev–Trinajstić information content (AvgIpc) is 3.54. The van der Waals surface area contributed by atoms with Crippen molar-refractivity contribution in [2.24, 2.45) is 5.16 Å². The van der Waals surface area contributed by atoms with Crippen LogP contribution >= 0.6 is 23.2 Å². The Bertz CT molecular complexity index is 1900. The molecule has 2 amide bonds. The molecule has 0 atom stereocenters. The predicted octanol–water partition coefficient (Wildman–Crippen LogP) is 7.65. The van der Waals surface area contributed by atoms with Gasteiger partial charge in [-0.05, 0) is 59.9 Å². The highest BCUT2D eigenvalue weighted by Crippen LogP contribution is 2.33. The lowest BCUT2D eigenvalue weighted by Crippen LogP contribution is -2.34. The van der Waals surface area contributed by atoms with Gasteiger partial charge in [-0.25, -0.2) is 4.79 Å². The van der Waals surface area contributed by atoms with Crippen LogP contribution in [0.5, 0.6) is 11.5 Å². The summed E-state index contributed by atoms with van der Waals surface area (Å²) >= 11 is 13.0. The second-order valence-corrected chi connectivity index (χ2v) is 12.1. The first-order chi connectivity index (χ1) is 24.4. The number of aromatic amines is 1. The van der Waals surface area contributed by atoms with Crippen molar-refractivity contribution in [3.8, 4) is 11.5 Å². The van der Waals surface area contributed by atoms with Crippen molar-refractivity contribution >= 4 is 51.8 Å². The molecule has 0 spiro atoms. The van der Waals surface area contributed by atoms with Crippen molar-refractivity contribution < 1.29 is 28.6 Å². The molecule has 0 aliphatic heterocycles. The number of methoxy groups -OCH3 is 1. The number of oxime groups is 1. The topological polar surface area (TPSA) is 123 Å². The van der Waals surface area contributed by atoms with E-state index in [1.165, 1.54) is 0 Å². The zero-order valence-electron chi connectivity index (χ0n) is 27.5. The van der Waals surface area contributed by atoms with Gasteiger partial charge in [0.05, 0.1) is 18.7 Å². The van der Waals surface area contributed by atoms with Gasteiger partial charge < -0.3 is 34.7 Å². The maximum atomic E-state index is 13.5. The standard InChI is InChI=1S/C38H38Cl2N4O6/c1-47-31-14-12-27(13-15-31)25-50-44-35(37(45)41-18-16-28-23-43-34-11-6-5-10-32(28)34)21-29-20-30(39)22-33(40)36(29)48-19-7-17-42-38(46)49-24-26-8-3-2-4-9-26/h2-6,8-15,20,22-23,43H,7,16-19,21,24-25H2,1H3,(H,41,45)(H,42,46)/b44-35+. The first-order valence-corrected chi connectivity index (χ1v) is 16.9. The predicted molar refractivity (Wildman–Crippen MR) is 195 cm³/mol. The highest BCUT2D eigenvalue weighted by Gasteiger charge is 2.19. The Kier molecular flexibility index (Phi) is 13.4. The average molecular weight is 718 g/mol. The number of hydrogen-bond acceptors (Lipinski definition) is 7. The van der Waals surface area contributed by atoms with Crippen molar-refractivity contribution in [2.75, 3.05) is 26.8 Å². The monoisotopic (exact) mass is 716 g/mol. The highest BCUT2D eigenvalue weighted by atomic mass is 35.5. The molecule has 0 saturated heterocycles. The molecule has 0 aliphatic rings. The number of hydrogen-bond donors (Lipinski definition) is 3. The number of amides is 2. The van der Waals surface area contributed by atoms with Gasteiger partial charge in [0.2, 0.25) is 0 Å². The van der Waals surface area contributed by atoms with Gasteiger partial charge >= 0.3 is 6.09 Å². The number of fused-ring (bicyclic) bond motifs is 1. The number of benzene rings is 4. The Hall–Kier alpha value is -5.19. The molecule has 4 aromatic carbocycles. The van der Waals surface area contributed by atoms with Crippen LogP contribution in [0.25, 0.3) is 10.9 Å². The summed E-state index contributed by atoms with van der Waals surface area (Å²) in [6.07, 6.45) is 2.54. The molecule has 0 radical (unpaired) electrons. The van der Waals surface area contributed by atoms with Crippen LogP contribution in [0.4, 0.5) is 4.79 Å². The van der Waals surface area contributed by atoms with E-state index < -0.39 is 12.0 Å². The van der Waals surface area contributed by atoms with Crippen LogP contribution in [-0.4, -0.2) is 49.5 Å². The molecule has 0 bridgehead atoms. The molecule has 5 aromatic rings. The molecule has 50 heavy (non-hydrogen) atoms. The van der Waals surface area contributed by atoms with E-state index in [1.807, 2.05) is 85.1 Å². The molecule has 260 valence electrons. The number of carbonyl (C=O) groups is 2. The molecule has 0 fully saturated rings. The van der Waals surface area contributed by atoms with Crippen LogP contribution in [0.1, 0.15) is 28.7 Å². The van der Waals surface area contributed by atoms with Crippen molar-refractivity contribution in [1.82, 2.24) is 15.6 Å². The first-order valence-electron chi connectivity index (χ1n) is 16.1. The summed E-state index contributed by atoms with van der Waals surface area (Å²) in [5.74, 6) is 0.675. The van der Waals surface area contributed by atoms with Gasteiger partial charge in [0.1, 0.15) is 30.4 Å². The second-order valence-electron chi connectivity index (χ2n) is 11.3. The maximum absolute atomic E-state index is 13.5. The van der Waals surface area contributed by atoms with E-state index >= 15 is 0 Å². The lowest BCUT2D eigenvalue weighted by molar-refractivity contribution is -0.115. The highest BCUT2D eigenvalue weighted by molar-refractivity contribution is 6.40. The normalized spacial score (nSPS) is 11.2. The van der Waals surface area contributed by atoms with E-state index in [0.717, 1.165) is 33.3 Å². The Morgan fingerprint density at radius 3 is 2.40 bits per heavy atom. The van der Waals surface area contributed by atoms with E-state index in [4.69, 9.17) is 42.3 Å². The molecular formula is C38H38Cl2N4O6. The van der Waals surface area contributed by atoms with E-state index in [9.17, 15) is 9.59 Å². The van der Waals surface area contributed by atoms with Gasteiger partial charge in [0.15, 0.2) is 0 Å². The smallest absolute Gasteiger partial charge is 0.407 e. The summed E-state index contributed by atoms with van der Waals surface area (Å²) in [6.45, 7) is 1.23. The van der Waals surface area contributed by atoms with Gasteiger partial charge in [-0.3, -0.25) is 4.79 Å². The van der Waals surface area contributed by atoms with Crippen molar-refractivity contribution in [3.05, 3.63) is 129 Å². The molecule has 10 nitrogen and oxygen atoms in total. The number of alkyl carbamates (subject to hydrolysis) is 1. The Morgan fingerprint density at radius 2 is 1.60 bits per heavy atom. The quantitative estimate of drug-likeness (QED) is 0.0516. The van der Waals surface area contributed by atoms with Crippen molar-refractivity contribution in [2.45, 2.75) is 32.5 Å². The summed E-state index contributed by atoms with van der Waals surface area (Å²) in [4.78, 5) is 34.6. The Morgan fingerprint density at radius 1 is 0.840 bits per heavy atom. The molecule has 5 rings (SSSR count). The number of nitrogens with one attached hydrogen (secondary N) is 3. The minimum Gasteiger partial charge on any atom is -0.497 e.